The summed E-state index contributed by atoms with van der Waals surface area (Å²) in [6.45, 7) is 2.25. The first-order valence-corrected chi connectivity index (χ1v) is 8.91. The molecule has 1 atom stereocenters. The van der Waals surface area contributed by atoms with E-state index in [9.17, 15) is 5.11 Å². The SMILES string of the molecule is CCCCCCCCCCC(O)Cc1nc2ccccc2[nH]1. The van der Waals surface area contributed by atoms with Crippen molar-refractivity contribution in [2.75, 3.05) is 0 Å². The zero-order valence-electron chi connectivity index (χ0n) is 13.9. The van der Waals surface area contributed by atoms with E-state index in [4.69, 9.17) is 0 Å². The van der Waals surface area contributed by atoms with Crippen LogP contribution in [0.4, 0.5) is 0 Å². The van der Waals surface area contributed by atoms with Crippen LogP contribution < -0.4 is 0 Å². The van der Waals surface area contributed by atoms with Gasteiger partial charge in [0.25, 0.3) is 0 Å². The van der Waals surface area contributed by atoms with Gasteiger partial charge in [-0.05, 0) is 18.6 Å². The molecular weight excluding hydrogens is 272 g/mol. The first-order chi connectivity index (χ1) is 10.8. The highest BCUT2D eigenvalue weighted by atomic mass is 16.3. The summed E-state index contributed by atoms with van der Waals surface area (Å²) in [7, 11) is 0. The highest BCUT2D eigenvalue weighted by Gasteiger charge is 2.09. The van der Waals surface area contributed by atoms with E-state index in [1.807, 2.05) is 24.3 Å². The van der Waals surface area contributed by atoms with Crippen molar-refractivity contribution in [2.45, 2.75) is 77.2 Å². The minimum Gasteiger partial charge on any atom is -0.393 e. The van der Waals surface area contributed by atoms with Crippen molar-refractivity contribution in [3.63, 3.8) is 0 Å². The molecule has 3 nitrogen and oxygen atoms in total. The molecular formula is C19H30N2O. The van der Waals surface area contributed by atoms with E-state index in [0.717, 1.165) is 29.7 Å². The van der Waals surface area contributed by atoms with Gasteiger partial charge in [-0.3, -0.25) is 0 Å². The van der Waals surface area contributed by atoms with E-state index < -0.39 is 0 Å². The number of nitrogens with zero attached hydrogens (tertiary/aromatic N) is 1. The largest absolute Gasteiger partial charge is 0.393 e. The molecule has 0 fully saturated rings. The molecule has 2 N–H and O–H groups in total. The second-order valence-corrected chi connectivity index (χ2v) is 6.32. The molecule has 0 aliphatic heterocycles. The minimum atomic E-state index is -0.277. The van der Waals surface area contributed by atoms with Crippen molar-refractivity contribution in [1.29, 1.82) is 0 Å². The van der Waals surface area contributed by atoms with Gasteiger partial charge in [-0.15, -0.1) is 0 Å². The van der Waals surface area contributed by atoms with Gasteiger partial charge in [-0.25, -0.2) is 4.98 Å². The Hall–Kier alpha value is -1.35. The number of hydrogen-bond donors (Lipinski definition) is 2. The Morgan fingerprint density at radius 2 is 1.68 bits per heavy atom. The highest BCUT2D eigenvalue weighted by Crippen LogP contribution is 2.14. The molecule has 1 heterocycles. The summed E-state index contributed by atoms with van der Waals surface area (Å²) < 4.78 is 0. The van der Waals surface area contributed by atoms with E-state index in [1.54, 1.807) is 0 Å². The maximum absolute atomic E-state index is 10.1. The van der Waals surface area contributed by atoms with Gasteiger partial charge in [-0.2, -0.15) is 0 Å². The first-order valence-electron chi connectivity index (χ1n) is 8.91. The number of imidazole rings is 1. The smallest absolute Gasteiger partial charge is 0.109 e. The lowest BCUT2D eigenvalue weighted by atomic mass is 10.0. The van der Waals surface area contributed by atoms with Gasteiger partial charge in [0.05, 0.1) is 17.1 Å². The van der Waals surface area contributed by atoms with Crippen LogP contribution in [0.2, 0.25) is 0 Å². The van der Waals surface area contributed by atoms with Crippen molar-refractivity contribution < 1.29 is 5.11 Å². The third-order valence-corrected chi connectivity index (χ3v) is 4.26. The molecule has 0 radical (unpaired) electrons. The van der Waals surface area contributed by atoms with E-state index in [0.29, 0.717) is 6.42 Å². The van der Waals surface area contributed by atoms with Crippen LogP contribution in [0.25, 0.3) is 11.0 Å². The average Bonchev–Trinajstić information content (AvgIpc) is 2.92. The molecule has 0 saturated heterocycles. The Balaban J connectivity index is 1.58. The Bertz CT molecular complexity index is 502. The summed E-state index contributed by atoms with van der Waals surface area (Å²) in [6, 6.07) is 8.02. The molecule has 0 aliphatic carbocycles. The van der Waals surface area contributed by atoms with Crippen LogP contribution in [0.15, 0.2) is 24.3 Å². The molecule has 2 aromatic rings. The molecule has 0 aliphatic rings. The predicted octanol–water partition coefficient (Wildman–Crippen LogP) is 5.00. The molecule has 3 heteroatoms. The number of H-pyrrole nitrogens is 1. The summed E-state index contributed by atoms with van der Waals surface area (Å²) >= 11 is 0. The Labute approximate surface area is 134 Å². The number of rotatable bonds is 11. The number of fused-ring (bicyclic) bond motifs is 1. The van der Waals surface area contributed by atoms with E-state index >= 15 is 0 Å². The fourth-order valence-electron chi connectivity index (χ4n) is 2.94. The van der Waals surface area contributed by atoms with Crippen molar-refractivity contribution in [2.24, 2.45) is 0 Å². The number of unbranched alkanes of at least 4 members (excludes halogenated alkanes) is 7. The zero-order valence-corrected chi connectivity index (χ0v) is 13.9. The van der Waals surface area contributed by atoms with Gasteiger partial charge in [0.15, 0.2) is 0 Å². The molecule has 22 heavy (non-hydrogen) atoms. The lowest BCUT2D eigenvalue weighted by molar-refractivity contribution is 0.159. The fraction of sp³-hybridized carbons (Fsp3) is 0.632. The van der Waals surface area contributed by atoms with E-state index in [1.165, 1.54) is 44.9 Å². The Morgan fingerprint density at radius 3 is 2.41 bits per heavy atom. The summed E-state index contributed by atoms with van der Waals surface area (Å²) in [5.74, 6) is 0.897. The van der Waals surface area contributed by atoms with E-state index in [2.05, 4.69) is 16.9 Å². The highest BCUT2D eigenvalue weighted by molar-refractivity contribution is 5.74. The Morgan fingerprint density at radius 1 is 1.00 bits per heavy atom. The fourth-order valence-corrected chi connectivity index (χ4v) is 2.94. The Kier molecular flexibility index (Phi) is 7.44. The number of hydrogen-bond acceptors (Lipinski definition) is 2. The molecule has 2 rings (SSSR count). The van der Waals surface area contributed by atoms with Gasteiger partial charge < -0.3 is 10.1 Å². The third kappa shape index (κ3) is 5.80. The molecule has 122 valence electrons. The summed E-state index contributed by atoms with van der Waals surface area (Å²) in [6.07, 6.45) is 11.7. The number of aromatic nitrogens is 2. The standard InChI is InChI=1S/C19H30N2O/c1-2-3-4-5-6-7-8-9-12-16(22)15-19-20-17-13-10-11-14-18(17)21-19/h10-11,13-14,16,22H,2-9,12,15H2,1H3,(H,20,21). The molecule has 0 amide bonds. The number of aromatic amines is 1. The quantitative estimate of drug-likeness (QED) is 0.574. The van der Waals surface area contributed by atoms with Crippen LogP contribution in [-0.4, -0.2) is 21.2 Å². The maximum atomic E-state index is 10.1. The van der Waals surface area contributed by atoms with Gasteiger partial charge in [-0.1, -0.05) is 70.4 Å². The average molecular weight is 302 g/mol. The number of nitrogens with one attached hydrogen (secondary N) is 1. The predicted molar refractivity (Wildman–Crippen MR) is 93.0 cm³/mol. The van der Waals surface area contributed by atoms with Crippen LogP contribution in [-0.2, 0) is 6.42 Å². The second kappa shape index (κ2) is 9.62. The molecule has 1 unspecified atom stereocenters. The minimum absolute atomic E-state index is 0.277. The van der Waals surface area contributed by atoms with Crippen LogP contribution in [0.1, 0.15) is 70.5 Å². The monoisotopic (exact) mass is 302 g/mol. The third-order valence-electron chi connectivity index (χ3n) is 4.26. The normalized spacial score (nSPS) is 12.8. The van der Waals surface area contributed by atoms with Gasteiger partial charge in [0, 0.05) is 6.42 Å². The summed E-state index contributed by atoms with van der Waals surface area (Å²) in [5.41, 5.74) is 2.04. The van der Waals surface area contributed by atoms with Crippen molar-refractivity contribution in [3.8, 4) is 0 Å². The van der Waals surface area contributed by atoms with Crippen LogP contribution in [0, 0.1) is 0 Å². The van der Waals surface area contributed by atoms with Crippen molar-refractivity contribution >= 4 is 11.0 Å². The van der Waals surface area contributed by atoms with E-state index in [-0.39, 0.29) is 6.10 Å². The molecule has 1 aromatic heterocycles. The van der Waals surface area contributed by atoms with Crippen LogP contribution in [0.3, 0.4) is 0 Å². The first kappa shape index (κ1) is 17.0. The molecule has 0 spiro atoms. The number of aliphatic hydroxyl groups is 1. The van der Waals surface area contributed by atoms with Crippen molar-refractivity contribution in [3.05, 3.63) is 30.1 Å². The number of benzene rings is 1. The lowest BCUT2D eigenvalue weighted by Gasteiger charge is -2.08. The lowest BCUT2D eigenvalue weighted by Crippen LogP contribution is -2.11. The summed E-state index contributed by atoms with van der Waals surface area (Å²) in [5, 5.41) is 10.1. The van der Waals surface area contributed by atoms with Gasteiger partial charge in [0.1, 0.15) is 5.82 Å². The van der Waals surface area contributed by atoms with Crippen molar-refractivity contribution in [1.82, 2.24) is 9.97 Å². The van der Waals surface area contributed by atoms with Crippen LogP contribution in [0.5, 0.6) is 0 Å². The second-order valence-electron chi connectivity index (χ2n) is 6.32. The molecule has 0 saturated carbocycles. The number of aliphatic hydroxyl groups excluding tert-OH is 1. The van der Waals surface area contributed by atoms with Gasteiger partial charge >= 0.3 is 0 Å². The van der Waals surface area contributed by atoms with Crippen LogP contribution >= 0.6 is 0 Å². The number of para-hydroxylation sites is 2. The van der Waals surface area contributed by atoms with Gasteiger partial charge in [0.2, 0.25) is 0 Å². The maximum Gasteiger partial charge on any atom is 0.109 e. The summed E-state index contributed by atoms with van der Waals surface area (Å²) in [4.78, 5) is 7.81. The molecule has 1 aromatic carbocycles. The topological polar surface area (TPSA) is 48.9 Å². The molecule has 0 bridgehead atoms. The zero-order chi connectivity index (χ0) is 15.6.